The molecular weight excluding hydrogens is 222 g/mol. The van der Waals surface area contributed by atoms with Gasteiger partial charge in [0.1, 0.15) is 0 Å². The van der Waals surface area contributed by atoms with Crippen LogP contribution >= 0.6 is 0 Å². The lowest BCUT2D eigenvalue weighted by atomic mass is 10.0. The molecule has 3 nitrogen and oxygen atoms in total. The fraction of sp³-hybridized carbons (Fsp3) is 0.467. The van der Waals surface area contributed by atoms with Crippen LogP contribution in [0.2, 0.25) is 0 Å². The Labute approximate surface area is 109 Å². The van der Waals surface area contributed by atoms with Crippen molar-refractivity contribution >= 4 is 10.9 Å². The number of benzene rings is 1. The molecule has 0 radical (unpaired) electrons. The quantitative estimate of drug-likeness (QED) is 0.900. The van der Waals surface area contributed by atoms with Gasteiger partial charge in [0.2, 0.25) is 0 Å². The Morgan fingerprint density at radius 2 is 1.94 bits per heavy atom. The van der Waals surface area contributed by atoms with Crippen molar-refractivity contribution in [3.63, 3.8) is 0 Å². The molecule has 0 amide bonds. The smallest absolute Gasteiger partial charge is 0.0513 e. The van der Waals surface area contributed by atoms with Gasteiger partial charge in [-0.15, -0.1) is 0 Å². The molecule has 0 bridgehead atoms. The third kappa shape index (κ3) is 1.93. The highest BCUT2D eigenvalue weighted by Gasteiger charge is 2.18. The number of hydrogen-bond donors (Lipinski definition) is 1. The maximum absolute atomic E-state index is 5.92. The van der Waals surface area contributed by atoms with Crippen LogP contribution in [0.4, 0.5) is 0 Å². The van der Waals surface area contributed by atoms with Crippen LogP contribution in [0, 0.1) is 13.8 Å². The Hall–Kier alpha value is -1.32. The van der Waals surface area contributed by atoms with Crippen LogP contribution < -0.4 is 5.73 Å². The number of nitrogens with zero attached hydrogens (tertiary/aromatic N) is 2. The summed E-state index contributed by atoms with van der Waals surface area (Å²) in [6, 6.07) is 4.69. The van der Waals surface area contributed by atoms with Gasteiger partial charge in [-0.1, -0.05) is 12.1 Å². The molecule has 1 aromatic heterocycles. The van der Waals surface area contributed by atoms with Crippen molar-refractivity contribution in [3.05, 3.63) is 35.0 Å². The standard InChI is InChI=1S/C15H23N3/c1-10-6-7-12-13(14(8-16)17(3)4)9-18(5)15(12)11(10)2/h6-7,9,14H,8,16H2,1-5H3. The zero-order valence-electron chi connectivity index (χ0n) is 12.0. The number of nitrogens with two attached hydrogens (primary N) is 1. The molecule has 18 heavy (non-hydrogen) atoms. The lowest BCUT2D eigenvalue weighted by Crippen LogP contribution is -2.26. The number of aromatic nitrogens is 1. The van der Waals surface area contributed by atoms with Gasteiger partial charge in [-0.05, 0) is 44.6 Å². The van der Waals surface area contributed by atoms with E-state index in [1.54, 1.807) is 0 Å². The second-order valence-corrected chi connectivity index (χ2v) is 5.31. The van der Waals surface area contributed by atoms with Crippen molar-refractivity contribution in [2.24, 2.45) is 12.8 Å². The number of likely N-dealkylation sites (N-methyl/N-ethyl adjacent to an activating group) is 1. The number of hydrogen-bond acceptors (Lipinski definition) is 2. The molecule has 0 saturated heterocycles. The van der Waals surface area contributed by atoms with Crippen LogP contribution in [0.5, 0.6) is 0 Å². The molecule has 1 atom stereocenters. The van der Waals surface area contributed by atoms with Gasteiger partial charge in [-0.3, -0.25) is 0 Å². The van der Waals surface area contributed by atoms with Crippen LogP contribution in [-0.2, 0) is 7.05 Å². The summed E-state index contributed by atoms with van der Waals surface area (Å²) < 4.78 is 2.22. The van der Waals surface area contributed by atoms with Gasteiger partial charge in [0, 0.05) is 31.2 Å². The second kappa shape index (κ2) is 4.75. The number of rotatable bonds is 3. The second-order valence-electron chi connectivity index (χ2n) is 5.31. The Morgan fingerprint density at radius 1 is 1.28 bits per heavy atom. The van der Waals surface area contributed by atoms with E-state index >= 15 is 0 Å². The van der Waals surface area contributed by atoms with E-state index in [9.17, 15) is 0 Å². The summed E-state index contributed by atoms with van der Waals surface area (Å²) in [6.07, 6.45) is 2.22. The van der Waals surface area contributed by atoms with E-state index in [2.05, 4.69) is 62.8 Å². The SMILES string of the molecule is Cc1ccc2c(C(CN)N(C)C)cn(C)c2c1C. The molecule has 0 saturated carbocycles. The highest BCUT2D eigenvalue weighted by molar-refractivity contribution is 5.88. The summed E-state index contributed by atoms with van der Waals surface area (Å²) in [4.78, 5) is 2.18. The molecule has 1 aromatic carbocycles. The van der Waals surface area contributed by atoms with E-state index in [0.717, 1.165) is 0 Å². The topological polar surface area (TPSA) is 34.2 Å². The molecule has 0 fully saturated rings. The molecule has 0 aliphatic rings. The van der Waals surface area contributed by atoms with Gasteiger partial charge in [0.15, 0.2) is 0 Å². The summed E-state index contributed by atoms with van der Waals surface area (Å²) in [7, 11) is 6.27. The molecule has 98 valence electrons. The van der Waals surface area contributed by atoms with Gasteiger partial charge < -0.3 is 15.2 Å². The summed E-state index contributed by atoms with van der Waals surface area (Å²) in [6.45, 7) is 4.99. The summed E-state index contributed by atoms with van der Waals surface area (Å²) in [5.41, 5.74) is 11.3. The monoisotopic (exact) mass is 245 g/mol. The van der Waals surface area contributed by atoms with E-state index in [0.29, 0.717) is 6.54 Å². The minimum atomic E-state index is 0.274. The first-order valence-electron chi connectivity index (χ1n) is 6.39. The first-order chi connectivity index (χ1) is 8.47. The zero-order chi connectivity index (χ0) is 13.4. The first-order valence-corrected chi connectivity index (χ1v) is 6.39. The third-order valence-electron chi connectivity index (χ3n) is 3.90. The summed E-state index contributed by atoms with van der Waals surface area (Å²) >= 11 is 0. The highest BCUT2D eigenvalue weighted by atomic mass is 15.1. The number of aryl methyl sites for hydroxylation is 3. The van der Waals surface area contributed by atoms with Crippen molar-refractivity contribution in [1.29, 1.82) is 0 Å². The molecule has 0 aliphatic carbocycles. The van der Waals surface area contributed by atoms with Crippen molar-refractivity contribution in [2.45, 2.75) is 19.9 Å². The van der Waals surface area contributed by atoms with Crippen LogP contribution in [0.3, 0.4) is 0 Å². The molecule has 3 heteroatoms. The van der Waals surface area contributed by atoms with Gasteiger partial charge in [-0.2, -0.15) is 0 Å². The third-order valence-corrected chi connectivity index (χ3v) is 3.90. The van der Waals surface area contributed by atoms with E-state index in [4.69, 9.17) is 5.73 Å². The maximum atomic E-state index is 5.92. The normalized spacial score (nSPS) is 13.5. The van der Waals surface area contributed by atoms with Crippen molar-refractivity contribution in [3.8, 4) is 0 Å². The molecule has 2 aromatic rings. The van der Waals surface area contributed by atoms with E-state index in [1.165, 1.54) is 27.6 Å². The van der Waals surface area contributed by atoms with Gasteiger partial charge in [0.05, 0.1) is 5.52 Å². The van der Waals surface area contributed by atoms with Crippen molar-refractivity contribution in [2.75, 3.05) is 20.6 Å². The van der Waals surface area contributed by atoms with Gasteiger partial charge in [-0.25, -0.2) is 0 Å². The van der Waals surface area contributed by atoms with Crippen molar-refractivity contribution < 1.29 is 0 Å². The number of fused-ring (bicyclic) bond motifs is 1. The van der Waals surface area contributed by atoms with Crippen molar-refractivity contribution in [1.82, 2.24) is 9.47 Å². The Kier molecular flexibility index (Phi) is 3.46. The minimum absolute atomic E-state index is 0.274. The Balaban J connectivity index is 2.71. The van der Waals surface area contributed by atoms with Crippen LogP contribution in [0.1, 0.15) is 22.7 Å². The highest BCUT2D eigenvalue weighted by Crippen LogP contribution is 2.31. The Morgan fingerprint density at radius 3 is 2.50 bits per heavy atom. The van der Waals surface area contributed by atoms with E-state index in [-0.39, 0.29) is 6.04 Å². The molecule has 1 heterocycles. The molecule has 2 rings (SSSR count). The average molecular weight is 245 g/mol. The minimum Gasteiger partial charge on any atom is -0.350 e. The molecule has 1 unspecified atom stereocenters. The Bertz CT molecular complexity index is 567. The van der Waals surface area contributed by atoms with E-state index in [1.807, 2.05) is 0 Å². The summed E-state index contributed by atoms with van der Waals surface area (Å²) in [5, 5.41) is 1.32. The van der Waals surface area contributed by atoms with Crippen LogP contribution in [0.15, 0.2) is 18.3 Å². The van der Waals surface area contributed by atoms with Gasteiger partial charge in [0.25, 0.3) is 0 Å². The van der Waals surface area contributed by atoms with E-state index < -0.39 is 0 Å². The average Bonchev–Trinajstić information content (AvgIpc) is 2.62. The lowest BCUT2D eigenvalue weighted by molar-refractivity contribution is 0.307. The fourth-order valence-corrected chi connectivity index (χ4v) is 2.71. The molecule has 0 aliphatic heterocycles. The van der Waals surface area contributed by atoms with Gasteiger partial charge >= 0.3 is 0 Å². The zero-order valence-corrected chi connectivity index (χ0v) is 12.0. The largest absolute Gasteiger partial charge is 0.350 e. The maximum Gasteiger partial charge on any atom is 0.0513 e. The molecular formula is C15H23N3. The van der Waals surface area contributed by atoms with Crippen LogP contribution in [-0.4, -0.2) is 30.1 Å². The first kappa shape index (κ1) is 13.1. The molecule has 2 N–H and O–H groups in total. The predicted molar refractivity (Wildman–Crippen MR) is 77.9 cm³/mol. The predicted octanol–water partition coefficient (Wildman–Crippen LogP) is 2.36. The summed E-state index contributed by atoms with van der Waals surface area (Å²) in [5.74, 6) is 0. The lowest BCUT2D eigenvalue weighted by Gasteiger charge is -2.22. The van der Waals surface area contributed by atoms with Crippen LogP contribution in [0.25, 0.3) is 10.9 Å². The molecule has 0 spiro atoms. The fourth-order valence-electron chi connectivity index (χ4n) is 2.71.